The zero-order valence-corrected chi connectivity index (χ0v) is 10.6. The number of hydrogen-bond donors (Lipinski definition) is 0. The molecule has 0 aromatic rings. The molecule has 0 heterocycles. The van der Waals surface area contributed by atoms with Crippen LogP contribution in [0.1, 0.15) is 46.5 Å². The van der Waals surface area contributed by atoms with E-state index in [4.69, 9.17) is 5.26 Å². The second-order valence-electron chi connectivity index (χ2n) is 5.73. The highest BCUT2D eigenvalue weighted by Gasteiger charge is 2.43. The van der Waals surface area contributed by atoms with Gasteiger partial charge in [-0.05, 0) is 44.6 Å². The van der Waals surface area contributed by atoms with Gasteiger partial charge in [0.2, 0.25) is 0 Å². The third-order valence-electron chi connectivity index (χ3n) is 3.56. The molecule has 15 heavy (non-hydrogen) atoms. The summed E-state index contributed by atoms with van der Waals surface area (Å²) in [4.78, 5) is 2.43. The molecule has 0 spiro atoms. The first-order valence-corrected chi connectivity index (χ1v) is 6.06. The molecule has 0 aliphatic heterocycles. The summed E-state index contributed by atoms with van der Waals surface area (Å²) < 4.78 is 0. The van der Waals surface area contributed by atoms with E-state index < -0.39 is 0 Å². The third kappa shape index (κ3) is 3.83. The Morgan fingerprint density at radius 3 is 2.33 bits per heavy atom. The van der Waals surface area contributed by atoms with Crippen LogP contribution < -0.4 is 0 Å². The van der Waals surface area contributed by atoms with Crippen LogP contribution >= 0.6 is 0 Å². The zero-order valence-electron chi connectivity index (χ0n) is 10.6. The van der Waals surface area contributed by atoms with E-state index >= 15 is 0 Å². The lowest BCUT2D eigenvalue weighted by Gasteiger charge is -2.29. The van der Waals surface area contributed by atoms with Crippen LogP contribution in [0.2, 0.25) is 0 Å². The first kappa shape index (κ1) is 12.5. The number of rotatable bonds is 6. The Hall–Kier alpha value is -0.550. The molecule has 2 heteroatoms. The molecule has 1 atom stereocenters. The summed E-state index contributed by atoms with van der Waals surface area (Å²) in [6.07, 6.45) is 4.49. The van der Waals surface area contributed by atoms with Crippen LogP contribution in [0.5, 0.6) is 0 Å². The molecule has 0 saturated heterocycles. The van der Waals surface area contributed by atoms with Crippen molar-refractivity contribution < 1.29 is 0 Å². The Balaban J connectivity index is 2.35. The summed E-state index contributed by atoms with van der Waals surface area (Å²) >= 11 is 0. The summed E-state index contributed by atoms with van der Waals surface area (Å²) in [5.41, 5.74) is 0.356. The summed E-state index contributed by atoms with van der Waals surface area (Å²) in [5, 5.41) is 8.77. The molecule has 2 nitrogen and oxygen atoms in total. The number of nitriles is 1. The zero-order chi connectivity index (χ0) is 11.5. The average Bonchev–Trinajstić information content (AvgIpc) is 2.84. The largest absolute Gasteiger partial charge is 0.303 e. The van der Waals surface area contributed by atoms with E-state index in [1.165, 1.54) is 19.3 Å². The van der Waals surface area contributed by atoms with E-state index in [0.717, 1.165) is 18.9 Å². The maximum Gasteiger partial charge on any atom is 0.0628 e. The van der Waals surface area contributed by atoms with Gasteiger partial charge in [-0.1, -0.05) is 13.8 Å². The normalized spacial score (nSPS) is 20.3. The second kappa shape index (κ2) is 4.99. The summed E-state index contributed by atoms with van der Waals surface area (Å²) in [6, 6.07) is 2.97. The molecule has 1 aliphatic rings. The fraction of sp³-hybridized carbons (Fsp3) is 0.923. The highest BCUT2D eigenvalue weighted by atomic mass is 15.1. The average molecular weight is 208 g/mol. The van der Waals surface area contributed by atoms with Crippen molar-refractivity contribution in [1.82, 2.24) is 4.90 Å². The Labute approximate surface area is 94.3 Å². The molecule has 1 aliphatic carbocycles. The van der Waals surface area contributed by atoms with Gasteiger partial charge in [-0.15, -0.1) is 0 Å². The Morgan fingerprint density at radius 2 is 1.93 bits per heavy atom. The van der Waals surface area contributed by atoms with Gasteiger partial charge in [-0.2, -0.15) is 5.26 Å². The van der Waals surface area contributed by atoms with Crippen LogP contribution in [0.15, 0.2) is 0 Å². The van der Waals surface area contributed by atoms with Gasteiger partial charge < -0.3 is 4.90 Å². The Kier molecular flexibility index (Phi) is 4.16. The molecular weight excluding hydrogens is 184 g/mol. The van der Waals surface area contributed by atoms with Crippen LogP contribution in [0.4, 0.5) is 0 Å². The lowest BCUT2D eigenvalue weighted by molar-refractivity contribution is 0.188. The minimum Gasteiger partial charge on any atom is -0.303 e. The maximum atomic E-state index is 8.77. The number of nitrogens with zero attached hydrogens (tertiary/aromatic N) is 2. The monoisotopic (exact) mass is 208 g/mol. The van der Waals surface area contributed by atoms with Crippen molar-refractivity contribution in [3.05, 3.63) is 0 Å². The summed E-state index contributed by atoms with van der Waals surface area (Å²) in [7, 11) is 2.20. The first-order chi connectivity index (χ1) is 6.99. The van der Waals surface area contributed by atoms with Gasteiger partial charge in [0.1, 0.15) is 0 Å². The summed E-state index contributed by atoms with van der Waals surface area (Å²) in [6.45, 7) is 7.94. The molecule has 0 aromatic heterocycles. The summed E-state index contributed by atoms with van der Waals surface area (Å²) in [5.74, 6) is 0.758. The van der Waals surface area contributed by atoms with Crippen LogP contribution in [-0.4, -0.2) is 24.5 Å². The van der Waals surface area contributed by atoms with Gasteiger partial charge in [0.25, 0.3) is 0 Å². The maximum absolute atomic E-state index is 8.77. The number of hydrogen-bond acceptors (Lipinski definition) is 2. The van der Waals surface area contributed by atoms with E-state index in [9.17, 15) is 0 Å². The van der Waals surface area contributed by atoms with E-state index in [0.29, 0.717) is 11.5 Å². The molecule has 0 radical (unpaired) electrons. The topological polar surface area (TPSA) is 27.0 Å². The van der Waals surface area contributed by atoms with E-state index in [-0.39, 0.29) is 0 Å². The SMILES string of the molecule is CC(C)CC(C)N(C)CC1(CC#N)CC1. The predicted molar refractivity (Wildman–Crippen MR) is 63.4 cm³/mol. The quantitative estimate of drug-likeness (QED) is 0.671. The van der Waals surface area contributed by atoms with Gasteiger partial charge >= 0.3 is 0 Å². The fourth-order valence-electron chi connectivity index (χ4n) is 2.28. The molecule has 86 valence electrons. The standard InChI is InChI=1S/C13H24N2/c1-11(2)9-12(3)15(4)10-13(5-6-13)7-8-14/h11-12H,5-7,9-10H2,1-4H3. The van der Waals surface area contributed by atoms with Crippen LogP contribution in [0, 0.1) is 22.7 Å². The van der Waals surface area contributed by atoms with Crippen molar-refractivity contribution in [2.45, 2.75) is 52.5 Å². The van der Waals surface area contributed by atoms with Crippen LogP contribution in [0.3, 0.4) is 0 Å². The lowest BCUT2D eigenvalue weighted by atomic mass is 9.99. The van der Waals surface area contributed by atoms with Crippen molar-refractivity contribution in [2.24, 2.45) is 11.3 Å². The lowest BCUT2D eigenvalue weighted by Crippen LogP contribution is -2.35. The van der Waals surface area contributed by atoms with Crippen LogP contribution in [0.25, 0.3) is 0 Å². The van der Waals surface area contributed by atoms with Crippen LogP contribution in [-0.2, 0) is 0 Å². The van der Waals surface area contributed by atoms with Gasteiger partial charge in [0, 0.05) is 19.0 Å². The molecular formula is C13H24N2. The molecule has 0 amide bonds. The van der Waals surface area contributed by atoms with Gasteiger partial charge in [-0.3, -0.25) is 0 Å². The first-order valence-electron chi connectivity index (χ1n) is 6.06. The highest BCUT2D eigenvalue weighted by molar-refractivity contribution is 5.01. The minimum absolute atomic E-state index is 0.356. The van der Waals surface area contributed by atoms with Crippen molar-refractivity contribution in [2.75, 3.05) is 13.6 Å². The molecule has 0 N–H and O–H groups in total. The van der Waals surface area contributed by atoms with Crippen molar-refractivity contribution >= 4 is 0 Å². The van der Waals surface area contributed by atoms with E-state index in [2.05, 4.69) is 38.8 Å². The molecule has 0 bridgehead atoms. The Morgan fingerprint density at radius 1 is 1.33 bits per heavy atom. The molecule has 1 unspecified atom stereocenters. The van der Waals surface area contributed by atoms with Gasteiger partial charge in [0.05, 0.1) is 6.07 Å². The van der Waals surface area contributed by atoms with Gasteiger partial charge in [-0.25, -0.2) is 0 Å². The van der Waals surface area contributed by atoms with Crippen molar-refractivity contribution in [1.29, 1.82) is 5.26 Å². The van der Waals surface area contributed by atoms with E-state index in [1.807, 2.05) is 0 Å². The predicted octanol–water partition coefficient (Wildman–Crippen LogP) is 3.05. The highest BCUT2D eigenvalue weighted by Crippen LogP contribution is 2.49. The van der Waals surface area contributed by atoms with Crippen molar-refractivity contribution in [3.8, 4) is 6.07 Å². The van der Waals surface area contributed by atoms with Crippen molar-refractivity contribution in [3.63, 3.8) is 0 Å². The molecule has 0 aromatic carbocycles. The second-order valence-corrected chi connectivity index (χ2v) is 5.73. The minimum atomic E-state index is 0.356. The third-order valence-corrected chi connectivity index (χ3v) is 3.56. The fourth-order valence-corrected chi connectivity index (χ4v) is 2.28. The molecule has 1 saturated carbocycles. The van der Waals surface area contributed by atoms with Gasteiger partial charge in [0.15, 0.2) is 0 Å². The molecule has 1 fully saturated rings. The van der Waals surface area contributed by atoms with E-state index in [1.54, 1.807) is 0 Å². The smallest absolute Gasteiger partial charge is 0.0628 e. The molecule has 1 rings (SSSR count). The Bertz CT molecular complexity index is 235.